The topological polar surface area (TPSA) is 29.1 Å². The zero-order valence-electron chi connectivity index (χ0n) is 13.4. The molecule has 0 bridgehead atoms. The Kier molecular flexibility index (Phi) is 9.68. The predicted molar refractivity (Wildman–Crippen MR) is 95.9 cm³/mol. The van der Waals surface area contributed by atoms with E-state index < -0.39 is 0 Å². The number of nitrogens with one attached hydrogen (secondary N) is 1. The van der Waals surface area contributed by atoms with Gasteiger partial charge < -0.3 is 5.32 Å². The Labute approximate surface area is 137 Å². The monoisotopic (exact) mass is 325 g/mol. The van der Waals surface area contributed by atoms with Crippen LogP contribution in [-0.4, -0.2) is 17.7 Å². The lowest BCUT2D eigenvalue weighted by molar-refractivity contribution is -0.120. The second kappa shape index (κ2) is 11.0. The Morgan fingerprint density at radius 1 is 1.24 bits per heavy atom. The first kappa shape index (κ1) is 18.4. The minimum Gasteiger partial charge on any atom is -0.356 e. The molecule has 0 aliphatic rings. The van der Waals surface area contributed by atoms with Gasteiger partial charge in [0.25, 0.3) is 0 Å². The Balaban J connectivity index is 2.52. The molecule has 0 aliphatic carbocycles. The minimum atomic E-state index is 0.128. The largest absolute Gasteiger partial charge is 0.356 e. The van der Waals surface area contributed by atoms with Crippen molar-refractivity contribution in [2.45, 2.75) is 63.0 Å². The van der Waals surface area contributed by atoms with Gasteiger partial charge in [0, 0.05) is 16.7 Å². The van der Waals surface area contributed by atoms with E-state index in [0.29, 0.717) is 11.7 Å². The van der Waals surface area contributed by atoms with Crippen molar-refractivity contribution >= 4 is 27.5 Å². The number of unbranched alkanes of at least 4 members (excludes halogenated alkanes) is 1. The zero-order valence-corrected chi connectivity index (χ0v) is 15.0. The molecule has 0 saturated heterocycles. The van der Waals surface area contributed by atoms with Crippen LogP contribution in [0.3, 0.4) is 0 Å². The maximum absolute atomic E-state index is 12.0. The number of rotatable bonds is 10. The van der Waals surface area contributed by atoms with Gasteiger partial charge >= 0.3 is 0 Å². The smallest absolute Gasteiger partial charge is 0.224 e. The normalized spacial score (nSPS) is 12.1. The molecule has 21 heavy (non-hydrogen) atoms. The molecule has 1 rings (SSSR count). The van der Waals surface area contributed by atoms with E-state index in [1.54, 1.807) is 10.8 Å². The molecule has 1 amide bonds. The van der Waals surface area contributed by atoms with E-state index in [1.807, 2.05) is 22.9 Å². The zero-order chi connectivity index (χ0) is 15.5. The van der Waals surface area contributed by atoms with Crippen LogP contribution in [0.5, 0.6) is 0 Å². The molecule has 2 nitrogen and oxygen atoms in total. The average molecular weight is 326 g/mol. The Bertz CT molecular complexity index is 423. The highest BCUT2D eigenvalue weighted by atomic mass is 33.1. The maximum Gasteiger partial charge on any atom is 0.224 e. The van der Waals surface area contributed by atoms with Crippen LogP contribution in [0.4, 0.5) is 0 Å². The molecule has 0 radical (unpaired) electrons. The third-order valence-corrected chi connectivity index (χ3v) is 6.22. The fraction of sp³-hybridized carbons (Fsp3) is 0.588. The first-order valence-corrected chi connectivity index (χ1v) is 10.1. The first-order valence-electron chi connectivity index (χ1n) is 7.85. The average Bonchev–Trinajstić information content (AvgIpc) is 2.47. The lowest BCUT2D eigenvalue weighted by Crippen LogP contribution is -2.26. The van der Waals surface area contributed by atoms with E-state index in [2.05, 4.69) is 38.2 Å². The van der Waals surface area contributed by atoms with Crippen molar-refractivity contribution in [3.8, 4) is 0 Å². The molecule has 118 valence electrons. The lowest BCUT2D eigenvalue weighted by atomic mass is 10.1. The summed E-state index contributed by atoms with van der Waals surface area (Å²) in [5.74, 6) is 0.128. The summed E-state index contributed by atoms with van der Waals surface area (Å²) in [4.78, 5) is 13.2. The highest BCUT2D eigenvalue weighted by Gasteiger charge is 2.10. The number of hydrogen-bond donors (Lipinski definition) is 1. The highest BCUT2D eigenvalue weighted by Crippen LogP contribution is 2.37. The highest BCUT2D eigenvalue weighted by molar-refractivity contribution is 8.76. The van der Waals surface area contributed by atoms with Gasteiger partial charge in [0.1, 0.15) is 0 Å². The molecule has 0 aliphatic heterocycles. The molecular formula is C17H27NOS2. The summed E-state index contributed by atoms with van der Waals surface area (Å²) >= 11 is 0. The van der Waals surface area contributed by atoms with E-state index in [9.17, 15) is 4.79 Å². The van der Waals surface area contributed by atoms with Crippen molar-refractivity contribution in [2.75, 3.05) is 6.54 Å². The van der Waals surface area contributed by atoms with Gasteiger partial charge in [-0.3, -0.25) is 4.79 Å². The molecule has 0 heterocycles. The van der Waals surface area contributed by atoms with Crippen molar-refractivity contribution in [1.82, 2.24) is 5.32 Å². The van der Waals surface area contributed by atoms with Gasteiger partial charge in [0.2, 0.25) is 5.91 Å². The molecule has 1 aromatic carbocycles. The number of carbonyl (C=O) groups is 1. The molecule has 0 aromatic heterocycles. The van der Waals surface area contributed by atoms with Crippen LogP contribution in [0, 0.1) is 0 Å². The number of benzene rings is 1. The van der Waals surface area contributed by atoms with Crippen LogP contribution in [0.1, 0.15) is 52.0 Å². The van der Waals surface area contributed by atoms with E-state index in [-0.39, 0.29) is 5.91 Å². The van der Waals surface area contributed by atoms with Gasteiger partial charge in [-0.2, -0.15) is 0 Å². The molecule has 1 aromatic rings. The fourth-order valence-electron chi connectivity index (χ4n) is 1.96. The van der Waals surface area contributed by atoms with Crippen LogP contribution in [0.2, 0.25) is 0 Å². The summed E-state index contributed by atoms with van der Waals surface area (Å²) in [6, 6.07) is 8.24. The molecule has 4 heteroatoms. The van der Waals surface area contributed by atoms with Crippen LogP contribution in [0.25, 0.3) is 0 Å². The van der Waals surface area contributed by atoms with Gasteiger partial charge in [-0.25, -0.2) is 0 Å². The molecule has 0 saturated carbocycles. The van der Waals surface area contributed by atoms with Crippen LogP contribution in [-0.2, 0) is 11.2 Å². The quantitative estimate of drug-likeness (QED) is 0.481. The maximum atomic E-state index is 12.0. The second-order valence-electron chi connectivity index (χ2n) is 5.27. The summed E-state index contributed by atoms with van der Waals surface area (Å²) in [6.45, 7) is 7.40. The van der Waals surface area contributed by atoms with Gasteiger partial charge in [-0.15, -0.1) is 0 Å². The fourth-order valence-corrected chi connectivity index (χ4v) is 4.52. The predicted octanol–water partition coefficient (Wildman–Crippen LogP) is 5.07. The lowest BCUT2D eigenvalue weighted by Gasteiger charge is -2.12. The minimum absolute atomic E-state index is 0.128. The molecule has 0 spiro atoms. The molecule has 0 fully saturated rings. The Hall–Kier alpha value is -0.610. The second-order valence-corrected chi connectivity index (χ2v) is 7.95. The summed E-state index contributed by atoms with van der Waals surface area (Å²) in [7, 11) is 3.70. The number of hydrogen-bond acceptors (Lipinski definition) is 3. The summed E-state index contributed by atoms with van der Waals surface area (Å²) in [5, 5.41) is 3.63. The molecule has 1 N–H and O–H groups in total. The van der Waals surface area contributed by atoms with E-state index >= 15 is 0 Å². The van der Waals surface area contributed by atoms with Crippen molar-refractivity contribution < 1.29 is 4.79 Å². The van der Waals surface area contributed by atoms with Crippen LogP contribution in [0.15, 0.2) is 29.2 Å². The van der Waals surface area contributed by atoms with Gasteiger partial charge in [-0.05, 0) is 24.5 Å². The summed E-state index contributed by atoms with van der Waals surface area (Å²) in [6.07, 6.45) is 5.09. The van der Waals surface area contributed by atoms with Crippen LogP contribution >= 0.6 is 21.6 Å². The first-order chi connectivity index (χ1) is 10.2. The molecule has 1 atom stereocenters. The SMILES string of the molecule is CCCCNC(=O)Cc1ccccc1SSC(C)CCC. The number of carbonyl (C=O) groups excluding carboxylic acids is 1. The van der Waals surface area contributed by atoms with Crippen LogP contribution < -0.4 is 5.32 Å². The van der Waals surface area contributed by atoms with Gasteiger partial charge in [-0.1, -0.05) is 73.4 Å². The third-order valence-electron chi connectivity index (χ3n) is 3.17. The van der Waals surface area contributed by atoms with Crippen molar-refractivity contribution in [2.24, 2.45) is 0 Å². The van der Waals surface area contributed by atoms with Crippen molar-refractivity contribution in [3.63, 3.8) is 0 Å². The standard InChI is InChI=1S/C17H27NOS2/c1-4-6-12-18-17(19)13-15-10-7-8-11-16(15)21-20-14(3)9-5-2/h7-8,10-11,14H,4-6,9,12-13H2,1-3H3,(H,18,19). The van der Waals surface area contributed by atoms with Crippen molar-refractivity contribution in [1.29, 1.82) is 0 Å². The molecular weight excluding hydrogens is 298 g/mol. The van der Waals surface area contributed by atoms with Crippen molar-refractivity contribution in [3.05, 3.63) is 29.8 Å². The third kappa shape index (κ3) is 7.82. The van der Waals surface area contributed by atoms with E-state index in [4.69, 9.17) is 0 Å². The Morgan fingerprint density at radius 3 is 2.71 bits per heavy atom. The van der Waals surface area contributed by atoms with E-state index in [0.717, 1.165) is 24.9 Å². The van der Waals surface area contributed by atoms with Gasteiger partial charge in [0.05, 0.1) is 6.42 Å². The molecule has 1 unspecified atom stereocenters. The van der Waals surface area contributed by atoms with E-state index in [1.165, 1.54) is 17.7 Å². The summed E-state index contributed by atoms with van der Waals surface area (Å²) < 4.78 is 0. The van der Waals surface area contributed by atoms with Gasteiger partial charge in [0.15, 0.2) is 0 Å². The summed E-state index contributed by atoms with van der Waals surface area (Å²) in [5.41, 5.74) is 1.13. The Morgan fingerprint density at radius 2 is 2.00 bits per heavy atom. The number of amides is 1.